The molecule has 0 fully saturated rings. The number of benzene rings is 1. The van der Waals surface area contributed by atoms with Crippen molar-refractivity contribution >= 4 is 17.5 Å². The number of pyridine rings is 1. The van der Waals surface area contributed by atoms with Gasteiger partial charge in [-0.25, -0.2) is 4.98 Å². The van der Waals surface area contributed by atoms with Crippen LogP contribution in [0.1, 0.15) is 24.4 Å². The first-order valence-electron chi connectivity index (χ1n) is 7.52. The van der Waals surface area contributed by atoms with Gasteiger partial charge in [0.15, 0.2) is 0 Å². The Bertz CT molecular complexity index is 816. The van der Waals surface area contributed by atoms with Gasteiger partial charge in [0, 0.05) is 16.8 Å². The highest BCUT2D eigenvalue weighted by atomic mass is 35.5. The summed E-state index contributed by atoms with van der Waals surface area (Å²) in [5.41, 5.74) is 2.20. The number of nitrogens with zero attached hydrogens (tertiary/aromatic N) is 2. The maximum absolute atomic E-state index is 12.1. The molecule has 2 aromatic heterocycles. The van der Waals surface area contributed by atoms with Gasteiger partial charge in [-0.1, -0.05) is 17.7 Å². The number of hydrogen-bond acceptors (Lipinski definition) is 4. The fraction of sp³-hybridized carbons (Fsp3) is 0.167. The quantitative estimate of drug-likeness (QED) is 0.766. The van der Waals surface area contributed by atoms with Crippen LogP contribution in [0.4, 0.5) is 0 Å². The summed E-state index contributed by atoms with van der Waals surface area (Å²) in [6.07, 6.45) is 3.34. The van der Waals surface area contributed by atoms with Crippen molar-refractivity contribution in [3.63, 3.8) is 0 Å². The monoisotopic (exact) mass is 341 g/mol. The minimum atomic E-state index is -0.165. The van der Waals surface area contributed by atoms with Crippen LogP contribution in [0, 0.1) is 0 Å². The van der Waals surface area contributed by atoms with Gasteiger partial charge in [-0.05, 0) is 43.3 Å². The third kappa shape index (κ3) is 4.00. The Morgan fingerprint density at radius 1 is 1.25 bits per heavy atom. The van der Waals surface area contributed by atoms with E-state index in [0.717, 1.165) is 11.3 Å². The molecule has 0 aliphatic carbocycles. The van der Waals surface area contributed by atoms with Crippen molar-refractivity contribution in [1.82, 2.24) is 15.3 Å². The standard InChI is InChI=1S/C18H16ClN3O2/c1-12(16-4-2-3-9-20-16)21-17(23)10-15-11-24-18(22-15)13-5-7-14(19)8-6-13/h2-9,11-12H,10H2,1H3,(H,21,23). The van der Waals surface area contributed by atoms with Crippen LogP contribution in [0.25, 0.3) is 11.5 Å². The van der Waals surface area contributed by atoms with E-state index in [1.807, 2.05) is 37.3 Å². The Balaban J connectivity index is 1.62. The van der Waals surface area contributed by atoms with Gasteiger partial charge in [-0.3, -0.25) is 9.78 Å². The van der Waals surface area contributed by atoms with E-state index in [4.69, 9.17) is 16.0 Å². The maximum atomic E-state index is 12.1. The number of aromatic nitrogens is 2. The van der Waals surface area contributed by atoms with Crippen LogP contribution in [-0.2, 0) is 11.2 Å². The van der Waals surface area contributed by atoms with Gasteiger partial charge in [0.25, 0.3) is 0 Å². The van der Waals surface area contributed by atoms with Crippen molar-refractivity contribution in [3.8, 4) is 11.5 Å². The van der Waals surface area contributed by atoms with Crippen LogP contribution in [0.15, 0.2) is 59.3 Å². The lowest BCUT2D eigenvalue weighted by Crippen LogP contribution is -2.28. The summed E-state index contributed by atoms with van der Waals surface area (Å²) in [4.78, 5) is 20.7. The molecule has 0 bridgehead atoms. The van der Waals surface area contributed by atoms with Gasteiger partial charge in [0.2, 0.25) is 11.8 Å². The van der Waals surface area contributed by atoms with E-state index in [-0.39, 0.29) is 18.4 Å². The lowest BCUT2D eigenvalue weighted by molar-refractivity contribution is -0.121. The lowest BCUT2D eigenvalue weighted by Gasteiger charge is -2.12. The molecule has 0 spiro atoms. The van der Waals surface area contributed by atoms with Crippen LogP contribution in [-0.4, -0.2) is 15.9 Å². The molecule has 1 aromatic carbocycles. The molecule has 0 radical (unpaired) electrons. The summed E-state index contributed by atoms with van der Waals surface area (Å²) in [6, 6.07) is 12.6. The molecule has 1 atom stereocenters. The van der Waals surface area contributed by atoms with Gasteiger partial charge in [0.05, 0.1) is 23.9 Å². The van der Waals surface area contributed by atoms with Crippen molar-refractivity contribution in [2.75, 3.05) is 0 Å². The summed E-state index contributed by atoms with van der Waals surface area (Å²) in [7, 11) is 0. The largest absolute Gasteiger partial charge is 0.444 e. The number of amides is 1. The van der Waals surface area contributed by atoms with Gasteiger partial charge >= 0.3 is 0 Å². The molecule has 6 heteroatoms. The Kier molecular flexibility index (Phi) is 4.91. The highest BCUT2D eigenvalue weighted by Gasteiger charge is 2.14. The number of carbonyl (C=O) groups is 1. The van der Waals surface area contributed by atoms with E-state index in [1.54, 1.807) is 18.3 Å². The second kappa shape index (κ2) is 7.27. The molecule has 1 amide bonds. The molecule has 0 saturated carbocycles. The number of rotatable bonds is 5. The van der Waals surface area contributed by atoms with E-state index in [2.05, 4.69) is 15.3 Å². The average molecular weight is 342 g/mol. The zero-order chi connectivity index (χ0) is 16.9. The molecule has 1 unspecified atom stereocenters. The zero-order valence-electron chi connectivity index (χ0n) is 13.1. The molecule has 2 heterocycles. The fourth-order valence-corrected chi connectivity index (χ4v) is 2.40. The van der Waals surface area contributed by atoms with Crippen LogP contribution >= 0.6 is 11.6 Å². The summed E-state index contributed by atoms with van der Waals surface area (Å²) < 4.78 is 5.43. The number of carbonyl (C=O) groups excluding carboxylic acids is 1. The number of hydrogen-bond donors (Lipinski definition) is 1. The summed E-state index contributed by atoms with van der Waals surface area (Å²) >= 11 is 5.86. The maximum Gasteiger partial charge on any atom is 0.226 e. The minimum Gasteiger partial charge on any atom is -0.444 e. The van der Waals surface area contributed by atoms with Crippen molar-refractivity contribution in [2.24, 2.45) is 0 Å². The number of oxazole rings is 1. The fourth-order valence-electron chi connectivity index (χ4n) is 2.28. The van der Waals surface area contributed by atoms with E-state index < -0.39 is 0 Å². The molecule has 1 N–H and O–H groups in total. The first-order chi connectivity index (χ1) is 11.6. The van der Waals surface area contributed by atoms with E-state index in [9.17, 15) is 4.79 Å². The van der Waals surface area contributed by atoms with Crippen molar-refractivity contribution in [1.29, 1.82) is 0 Å². The SMILES string of the molecule is CC(NC(=O)Cc1coc(-c2ccc(Cl)cc2)n1)c1ccccn1. The Labute approximate surface area is 144 Å². The molecule has 0 saturated heterocycles. The van der Waals surface area contributed by atoms with Gasteiger partial charge in [0.1, 0.15) is 6.26 Å². The van der Waals surface area contributed by atoms with Crippen LogP contribution < -0.4 is 5.32 Å². The van der Waals surface area contributed by atoms with E-state index >= 15 is 0 Å². The van der Waals surface area contributed by atoms with Crippen LogP contribution in [0.5, 0.6) is 0 Å². The predicted octanol–water partition coefficient (Wildman–Crippen LogP) is 3.81. The zero-order valence-corrected chi connectivity index (χ0v) is 13.8. The van der Waals surface area contributed by atoms with Crippen LogP contribution in [0.3, 0.4) is 0 Å². The first kappa shape index (κ1) is 16.2. The number of halogens is 1. The van der Waals surface area contributed by atoms with Crippen molar-refractivity contribution in [2.45, 2.75) is 19.4 Å². The topological polar surface area (TPSA) is 68.0 Å². The minimum absolute atomic E-state index is 0.135. The Hall–Kier alpha value is -2.66. The van der Waals surface area contributed by atoms with Crippen LogP contribution in [0.2, 0.25) is 5.02 Å². The summed E-state index contributed by atoms with van der Waals surface area (Å²) in [5, 5.41) is 3.55. The van der Waals surface area contributed by atoms with Gasteiger partial charge in [-0.2, -0.15) is 0 Å². The second-order valence-electron chi connectivity index (χ2n) is 5.37. The molecule has 24 heavy (non-hydrogen) atoms. The third-order valence-electron chi connectivity index (χ3n) is 3.49. The normalized spacial score (nSPS) is 11.9. The molecule has 5 nitrogen and oxygen atoms in total. The number of nitrogens with one attached hydrogen (secondary N) is 1. The lowest BCUT2D eigenvalue weighted by atomic mass is 10.2. The van der Waals surface area contributed by atoms with Gasteiger partial charge < -0.3 is 9.73 Å². The average Bonchev–Trinajstić information content (AvgIpc) is 3.04. The first-order valence-corrected chi connectivity index (χ1v) is 7.90. The molecular weight excluding hydrogens is 326 g/mol. The highest BCUT2D eigenvalue weighted by Crippen LogP contribution is 2.21. The highest BCUT2D eigenvalue weighted by molar-refractivity contribution is 6.30. The summed E-state index contributed by atoms with van der Waals surface area (Å²) in [5.74, 6) is 0.330. The van der Waals surface area contributed by atoms with E-state index in [0.29, 0.717) is 16.6 Å². The summed E-state index contributed by atoms with van der Waals surface area (Å²) in [6.45, 7) is 1.89. The van der Waals surface area contributed by atoms with Crippen molar-refractivity contribution < 1.29 is 9.21 Å². The second-order valence-corrected chi connectivity index (χ2v) is 5.81. The molecule has 0 aliphatic heterocycles. The predicted molar refractivity (Wildman–Crippen MR) is 91.4 cm³/mol. The molecular formula is C18H16ClN3O2. The Morgan fingerprint density at radius 3 is 2.75 bits per heavy atom. The smallest absolute Gasteiger partial charge is 0.226 e. The molecule has 3 rings (SSSR count). The molecule has 0 aliphatic rings. The molecule has 3 aromatic rings. The molecule has 122 valence electrons. The van der Waals surface area contributed by atoms with Gasteiger partial charge in [-0.15, -0.1) is 0 Å². The van der Waals surface area contributed by atoms with Crippen molar-refractivity contribution in [3.05, 3.63) is 71.3 Å². The Morgan fingerprint density at radius 2 is 2.04 bits per heavy atom. The third-order valence-corrected chi connectivity index (χ3v) is 3.75. The van der Waals surface area contributed by atoms with E-state index in [1.165, 1.54) is 6.26 Å².